The SMILES string of the molecule is COCC1(CNC(=O)c2cc3c(C(C)C)nn(C)c3s2)CCNCC1. The maximum Gasteiger partial charge on any atom is 0.261 e. The Morgan fingerprint density at radius 1 is 1.48 bits per heavy atom. The average molecular weight is 365 g/mol. The molecule has 1 aliphatic heterocycles. The monoisotopic (exact) mass is 364 g/mol. The Hall–Kier alpha value is -1.44. The Labute approximate surface area is 152 Å². The van der Waals surface area contributed by atoms with Gasteiger partial charge in [0.15, 0.2) is 0 Å². The molecule has 7 heteroatoms. The molecular formula is C18H28N4O2S. The van der Waals surface area contributed by atoms with Gasteiger partial charge in [0.1, 0.15) is 4.83 Å². The van der Waals surface area contributed by atoms with Crippen LogP contribution in [-0.2, 0) is 11.8 Å². The van der Waals surface area contributed by atoms with Crippen LogP contribution in [0.15, 0.2) is 6.07 Å². The maximum atomic E-state index is 12.7. The number of fused-ring (bicyclic) bond motifs is 1. The first kappa shape index (κ1) is 18.4. The van der Waals surface area contributed by atoms with E-state index in [9.17, 15) is 4.79 Å². The Bertz CT molecular complexity index is 738. The van der Waals surface area contributed by atoms with E-state index in [0.29, 0.717) is 19.1 Å². The highest BCUT2D eigenvalue weighted by molar-refractivity contribution is 7.20. The van der Waals surface area contributed by atoms with Gasteiger partial charge in [-0.3, -0.25) is 9.48 Å². The van der Waals surface area contributed by atoms with Crippen LogP contribution in [0.1, 0.15) is 48.0 Å². The minimum atomic E-state index is 0.00455. The van der Waals surface area contributed by atoms with Gasteiger partial charge in [0.2, 0.25) is 0 Å². The molecule has 0 unspecified atom stereocenters. The normalized spacial score (nSPS) is 17.3. The molecular weight excluding hydrogens is 336 g/mol. The second-order valence-electron chi connectivity index (χ2n) is 7.36. The van der Waals surface area contributed by atoms with Crippen molar-refractivity contribution >= 4 is 27.5 Å². The van der Waals surface area contributed by atoms with E-state index in [2.05, 4.69) is 29.6 Å². The number of carbonyl (C=O) groups excluding carboxylic acids is 1. The average Bonchev–Trinajstić information content (AvgIpc) is 3.15. The molecule has 2 N–H and O–H groups in total. The van der Waals surface area contributed by atoms with Crippen molar-refractivity contribution in [2.45, 2.75) is 32.6 Å². The van der Waals surface area contributed by atoms with Crippen molar-refractivity contribution in [2.24, 2.45) is 12.5 Å². The van der Waals surface area contributed by atoms with E-state index in [4.69, 9.17) is 4.74 Å². The summed E-state index contributed by atoms with van der Waals surface area (Å²) in [5.41, 5.74) is 1.10. The summed E-state index contributed by atoms with van der Waals surface area (Å²) < 4.78 is 7.31. The minimum absolute atomic E-state index is 0.00455. The maximum absolute atomic E-state index is 12.7. The number of hydrogen-bond acceptors (Lipinski definition) is 5. The molecule has 3 rings (SSSR count). The highest BCUT2D eigenvalue weighted by Gasteiger charge is 2.32. The molecule has 2 aromatic heterocycles. The molecule has 0 radical (unpaired) electrons. The Morgan fingerprint density at radius 2 is 2.20 bits per heavy atom. The number of ether oxygens (including phenoxy) is 1. The Morgan fingerprint density at radius 3 is 2.84 bits per heavy atom. The molecule has 1 aliphatic rings. The lowest BCUT2D eigenvalue weighted by Gasteiger charge is -2.37. The molecule has 0 bridgehead atoms. The van der Waals surface area contributed by atoms with Gasteiger partial charge in [0.05, 0.1) is 17.2 Å². The van der Waals surface area contributed by atoms with Crippen molar-refractivity contribution in [1.82, 2.24) is 20.4 Å². The zero-order valence-corrected chi connectivity index (χ0v) is 16.3. The van der Waals surface area contributed by atoms with Gasteiger partial charge in [-0.25, -0.2) is 0 Å². The minimum Gasteiger partial charge on any atom is -0.384 e. The molecule has 0 atom stereocenters. The molecule has 0 saturated carbocycles. The first-order valence-electron chi connectivity index (χ1n) is 8.90. The van der Waals surface area contributed by atoms with Crippen molar-refractivity contribution in [3.8, 4) is 0 Å². The number of aryl methyl sites for hydroxylation is 1. The largest absolute Gasteiger partial charge is 0.384 e. The van der Waals surface area contributed by atoms with Gasteiger partial charge < -0.3 is 15.4 Å². The second-order valence-corrected chi connectivity index (χ2v) is 8.39. The van der Waals surface area contributed by atoms with Crippen LogP contribution in [0.3, 0.4) is 0 Å². The van der Waals surface area contributed by atoms with Crippen molar-refractivity contribution < 1.29 is 9.53 Å². The van der Waals surface area contributed by atoms with E-state index in [1.54, 1.807) is 7.11 Å². The smallest absolute Gasteiger partial charge is 0.261 e. The van der Waals surface area contributed by atoms with E-state index < -0.39 is 0 Å². The molecule has 1 fully saturated rings. The van der Waals surface area contributed by atoms with Crippen LogP contribution in [0.25, 0.3) is 10.2 Å². The van der Waals surface area contributed by atoms with E-state index in [1.807, 2.05) is 17.8 Å². The Balaban J connectivity index is 1.74. The highest BCUT2D eigenvalue weighted by atomic mass is 32.1. The number of thiophene rings is 1. The van der Waals surface area contributed by atoms with Crippen LogP contribution in [0, 0.1) is 5.41 Å². The first-order valence-corrected chi connectivity index (χ1v) is 9.72. The standard InChI is InChI=1S/C18H28N4O2S/c1-12(2)15-13-9-14(25-17(13)22(3)21-15)16(23)20-10-18(11-24-4)5-7-19-8-6-18/h9,12,19H,5-8,10-11H2,1-4H3,(H,20,23). The van der Waals surface area contributed by atoms with Gasteiger partial charge in [-0.05, 0) is 37.9 Å². The summed E-state index contributed by atoms with van der Waals surface area (Å²) in [5.74, 6) is 0.346. The topological polar surface area (TPSA) is 68.2 Å². The van der Waals surface area contributed by atoms with Gasteiger partial charge >= 0.3 is 0 Å². The molecule has 1 amide bonds. The quantitative estimate of drug-likeness (QED) is 0.826. The van der Waals surface area contributed by atoms with E-state index in [0.717, 1.165) is 46.7 Å². The summed E-state index contributed by atoms with van der Waals surface area (Å²) in [6.07, 6.45) is 2.05. The Kier molecular flexibility index (Phi) is 5.46. The third-order valence-corrected chi connectivity index (χ3v) is 6.25. The number of aromatic nitrogens is 2. The lowest BCUT2D eigenvalue weighted by molar-refractivity contribution is 0.0512. The fourth-order valence-electron chi connectivity index (χ4n) is 3.59. The van der Waals surface area contributed by atoms with Crippen LogP contribution in [0.5, 0.6) is 0 Å². The summed E-state index contributed by atoms with van der Waals surface area (Å²) in [6, 6.07) is 1.99. The zero-order valence-electron chi connectivity index (χ0n) is 15.5. The van der Waals surface area contributed by atoms with E-state index in [-0.39, 0.29) is 11.3 Å². The van der Waals surface area contributed by atoms with Crippen LogP contribution in [0.4, 0.5) is 0 Å². The van der Waals surface area contributed by atoms with Gasteiger partial charge in [-0.15, -0.1) is 11.3 Å². The molecule has 3 heterocycles. The van der Waals surface area contributed by atoms with Crippen LogP contribution in [0.2, 0.25) is 0 Å². The van der Waals surface area contributed by atoms with Crippen LogP contribution >= 0.6 is 11.3 Å². The van der Waals surface area contributed by atoms with E-state index >= 15 is 0 Å². The predicted octanol–water partition coefficient (Wildman–Crippen LogP) is 2.50. The van der Waals surface area contributed by atoms with Gasteiger partial charge in [-0.2, -0.15) is 5.10 Å². The van der Waals surface area contributed by atoms with Gasteiger partial charge in [0.25, 0.3) is 5.91 Å². The fraction of sp³-hybridized carbons (Fsp3) is 0.667. The zero-order chi connectivity index (χ0) is 18.0. The van der Waals surface area contributed by atoms with Gasteiger partial charge in [-0.1, -0.05) is 13.8 Å². The number of nitrogens with one attached hydrogen (secondary N) is 2. The van der Waals surface area contributed by atoms with Gasteiger partial charge in [0, 0.05) is 31.5 Å². The molecule has 2 aromatic rings. The summed E-state index contributed by atoms with van der Waals surface area (Å²) in [4.78, 5) is 14.5. The molecule has 138 valence electrons. The number of rotatable bonds is 6. The summed E-state index contributed by atoms with van der Waals surface area (Å²) in [7, 11) is 3.67. The van der Waals surface area contributed by atoms with Crippen LogP contribution < -0.4 is 10.6 Å². The highest BCUT2D eigenvalue weighted by Crippen LogP contribution is 2.32. The molecule has 25 heavy (non-hydrogen) atoms. The lowest BCUT2D eigenvalue weighted by atomic mass is 9.79. The van der Waals surface area contributed by atoms with Crippen molar-refractivity contribution in [3.05, 3.63) is 16.6 Å². The summed E-state index contributed by atoms with van der Waals surface area (Å²) in [6.45, 7) is 7.56. The molecule has 0 spiro atoms. The number of nitrogens with zero attached hydrogens (tertiary/aromatic N) is 2. The third-order valence-electron chi connectivity index (χ3n) is 5.05. The predicted molar refractivity (Wildman–Crippen MR) is 101 cm³/mol. The van der Waals surface area contributed by atoms with Crippen molar-refractivity contribution in [3.63, 3.8) is 0 Å². The molecule has 0 aliphatic carbocycles. The number of piperidine rings is 1. The number of hydrogen-bond donors (Lipinski definition) is 2. The summed E-state index contributed by atoms with van der Waals surface area (Å²) in [5, 5.41) is 12.2. The fourth-order valence-corrected chi connectivity index (χ4v) is 4.59. The number of amides is 1. The number of methoxy groups -OCH3 is 1. The molecule has 1 saturated heterocycles. The third kappa shape index (κ3) is 3.73. The van der Waals surface area contributed by atoms with Crippen LogP contribution in [-0.4, -0.2) is 49.0 Å². The first-order chi connectivity index (χ1) is 12.0. The summed E-state index contributed by atoms with van der Waals surface area (Å²) >= 11 is 1.51. The van der Waals surface area contributed by atoms with E-state index in [1.165, 1.54) is 11.3 Å². The van der Waals surface area contributed by atoms with Crippen molar-refractivity contribution in [2.75, 3.05) is 33.4 Å². The lowest BCUT2D eigenvalue weighted by Crippen LogP contribution is -2.47. The number of carbonyl (C=O) groups is 1. The molecule has 6 nitrogen and oxygen atoms in total. The molecule has 0 aromatic carbocycles. The van der Waals surface area contributed by atoms with Crippen molar-refractivity contribution in [1.29, 1.82) is 0 Å². The second kappa shape index (κ2) is 7.43.